The van der Waals surface area contributed by atoms with Crippen LogP contribution in [-0.4, -0.2) is 17.6 Å². The number of amides is 2. The Balaban J connectivity index is 2.13. The second-order valence-electron chi connectivity index (χ2n) is 4.87. The van der Waals surface area contributed by atoms with Crippen LogP contribution in [0.3, 0.4) is 0 Å². The fraction of sp³-hybridized carbons (Fsp3) is 0.0625. The number of carbonyl (C=O) groups excluding carboxylic acids is 3. The molecule has 2 aromatic rings. The highest BCUT2D eigenvalue weighted by atomic mass is 19.4. The summed E-state index contributed by atoms with van der Waals surface area (Å²) in [5, 5.41) is 0. The molecule has 0 saturated carbocycles. The van der Waals surface area contributed by atoms with Gasteiger partial charge in [-0.2, -0.15) is 13.2 Å². The second-order valence-corrected chi connectivity index (χ2v) is 4.87. The Kier molecular flexibility index (Phi) is 3.28. The molecule has 0 atom stereocenters. The van der Waals surface area contributed by atoms with Crippen molar-refractivity contribution in [2.75, 3.05) is 4.90 Å². The number of alkyl halides is 3. The maximum absolute atomic E-state index is 12.8. The van der Waals surface area contributed by atoms with Crippen molar-refractivity contribution in [3.8, 4) is 0 Å². The maximum atomic E-state index is 12.8. The molecule has 116 valence electrons. The van der Waals surface area contributed by atoms with Crippen molar-refractivity contribution in [2.24, 2.45) is 0 Å². The highest BCUT2D eigenvalue weighted by Gasteiger charge is 2.39. The predicted molar refractivity (Wildman–Crippen MR) is 74.0 cm³/mol. The van der Waals surface area contributed by atoms with E-state index in [1.807, 2.05) is 0 Å². The van der Waals surface area contributed by atoms with Gasteiger partial charge in [0.05, 0.1) is 16.8 Å². The number of carbonyl (C=O) groups is 3. The lowest BCUT2D eigenvalue weighted by Crippen LogP contribution is -2.46. The van der Waals surface area contributed by atoms with E-state index in [1.165, 1.54) is 30.3 Å². The predicted octanol–water partition coefficient (Wildman–Crippen LogP) is 3.08. The monoisotopic (exact) mass is 319 g/mol. The minimum atomic E-state index is -4.63. The Labute approximate surface area is 128 Å². The van der Waals surface area contributed by atoms with Gasteiger partial charge in [0.15, 0.2) is 0 Å². The number of hydrogen-bond acceptors (Lipinski definition) is 3. The normalized spacial score (nSPS) is 14.9. The highest BCUT2D eigenvalue weighted by Crippen LogP contribution is 2.33. The van der Waals surface area contributed by atoms with Crippen LogP contribution in [0, 0.1) is 0 Å². The van der Waals surface area contributed by atoms with Gasteiger partial charge >= 0.3 is 12.1 Å². The van der Waals surface area contributed by atoms with E-state index in [9.17, 15) is 27.6 Å². The number of imide groups is 1. The number of rotatable bonds is 1. The molecule has 0 unspecified atom stereocenters. The smallest absolute Gasteiger partial charge is 0.283 e. The lowest BCUT2D eigenvalue weighted by Gasteiger charge is -2.26. The molecule has 0 saturated heterocycles. The first-order valence-electron chi connectivity index (χ1n) is 6.50. The van der Waals surface area contributed by atoms with E-state index >= 15 is 0 Å². The summed E-state index contributed by atoms with van der Waals surface area (Å²) in [4.78, 5) is 37.1. The highest BCUT2D eigenvalue weighted by molar-refractivity contribution is 6.55. The molecule has 4 nitrogen and oxygen atoms in total. The summed E-state index contributed by atoms with van der Waals surface area (Å²) in [6, 6.07) is 9.41. The number of nitrogens with zero attached hydrogens (tertiary/aromatic N) is 1. The van der Waals surface area contributed by atoms with Gasteiger partial charge in [0.1, 0.15) is 0 Å². The van der Waals surface area contributed by atoms with Crippen LogP contribution in [-0.2, 0) is 11.0 Å². The maximum Gasteiger partial charge on any atom is 0.416 e. The zero-order valence-corrected chi connectivity index (χ0v) is 11.4. The first-order chi connectivity index (χ1) is 10.8. The van der Waals surface area contributed by atoms with Crippen LogP contribution in [0.25, 0.3) is 0 Å². The van der Waals surface area contributed by atoms with Gasteiger partial charge in [0, 0.05) is 5.56 Å². The van der Waals surface area contributed by atoms with Crippen molar-refractivity contribution >= 4 is 23.3 Å². The number of Topliss-reactive ketones (excluding diaryl/α,β-unsaturated/α-hetero) is 1. The van der Waals surface area contributed by atoms with Gasteiger partial charge in [-0.25, -0.2) is 4.90 Å². The van der Waals surface area contributed by atoms with Crippen LogP contribution in [0.2, 0.25) is 0 Å². The zero-order valence-electron chi connectivity index (χ0n) is 11.4. The molecule has 3 rings (SSSR count). The molecule has 1 heterocycles. The molecular weight excluding hydrogens is 311 g/mol. The minimum Gasteiger partial charge on any atom is -0.283 e. The Morgan fingerprint density at radius 1 is 0.783 bits per heavy atom. The van der Waals surface area contributed by atoms with E-state index < -0.39 is 29.3 Å². The summed E-state index contributed by atoms with van der Waals surface area (Å²) in [5.74, 6) is -2.94. The van der Waals surface area contributed by atoms with Crippen LogP contribution in [0.1, 0.15) is 26.3 Å². The summed E-state index contributed by atoms with van der Waals surface area (Å²) < 4.78 is 38.4. The molecule has 1 aliphatic rings. The molecule has 1 aliphatic heterocycles. The molecule has 0 bridgehead atoms. The van der Waals surface area contributed by atoms with Crippen LogP contribution in [0.4, 0.5) is 18.9 Å². The zero-order chi connectivity index (χ0) is 16.8. The second kappa shape index (κ2) is 5.05. The van der Waals surface area contributed by atoms with Crippen molar-refractivity contribution in [1.29, 1.82) is 0 Å². The lowest BCUT2D eigenvalue weighted by molar-refractivity contribution is -0.137. The SMILES string of the molecule is O=C1C(=O)N(c2cccc(C(F)(F)F)c2)C(=O)c2ccccc21. The molecule has 0 aliphatic carbocycles. The minimum absolute atomic E-state index is 0.0190. The van der Waals surface area contributed by atoms with E-state index in [1.54, 1.807) is 0 Å². The third-order valence-corrected chi connectivity index (χ3v) is 3.43. The van der Waals surface area contributed by atoms with Gasteiger partial charge in [0.25, 0.3) is 11.7 Å². The molecule has 0 radical (unpaired) electrons. The fourth-order valence-corrected chi connectivity index (χ4v) is 2.35. The Hall–Kier alpha value is -2.96. The molecule has 0 aromatic heterocycles. The summed E-state index contributed by atoms with van der Waals surface area (Å²) >= 11 is 0. The van der Waals surface area contributed by atoms with Crippen LogP contribution < -0.4 is 4.90 Å². The number of ketones is 1. The standard InChI is InChI=1S/C16H8F3NO3/c17-16(18,19)9-4-3-5-10(8-9)20-14(22)12-7-2-1-6-11(12)13(21)15(20)23/h1-8H. The molecule has 0 spiro atoms. The molecule has 2 aromatic carbocycles. The number of fused-ring (bicyclic) bond motifs is 1. The summed E-state index contributed by atoms with van der Waals surface area (Å²) in [6.45, 7) is 0. The average molecular weight is 319 g/mol. The van der Waals surface area contributed by atoms with Crippen molar-refractivity contribution in [3.63, 3.8) is 0 Å². The van der Waals surface area contributed by atoms with Crippen molar-refractivity contribution in [1.82, 2.24) is 0 Å². The van der Waals surface area contributed by atoms with Gasteiger partial charge in [-0.05, 0) is 24.3 Å². The molecule has 0 fully saturated rings. The number of hydrogen-bond donors (Lipinski definition) is 0. The molecular formula is C16H8F3NO3. The largest absolute Gasteiger partial charge is 0.416 e. The van der Waals surface area contributed by atoms with E-state index in [2.05, 4.69) is 0 Å². The van der Waals surface area contributed by atoms with E-state index in [-0.39, 0.29) is 16.8 Å². The quantitative estimate of drug-likeness (QED) is 0.599. The Morgan fingerprint density at radius 2 is 1.43 bits per heavy atom. The number of benzene rings is 2. The average Bonchev–Trinajstić information content (AvgIpc) is 2.52. The number of anilines is 1. The van der Waals surface area contributed by atoms with Gasteiger partial charge in [-0.1, -0.05) is 24.3 Å². The van der Waals surface area contributed by atoms with E-state index in [0.29, 0.717) is 11.0 Å². The summed E-state index contributed by atoms with van der Waals surface area (Å²) in [7, 11) is 0. The van der Waals surface area contributed by atoms with Crippen LogP contribution >= 0.6 is 0 Å². The molecule has 7 heteroatoms. The van der Waals surface area contributed by atoms with Crippen LogP contribution in [0.5, 0.6) is 0 Å². The van der Waals surface area contributed by atoms with Crippen LogP contribution in [0.15, 0.2) is 48.5 Å². The van der Waals surface area contributed by atoms with Crippen molar-refractivity contribution < 1.29 is 27.6 Å². The number of halogens is 3. The van der Waals surface area contributed by atoms with Gasteiger partial charge in [-0.3, -0.25) is 14.4 Å². The molecule has 0 N–H and O–H groups in total. The van der Waals surface area contributed by atoms with Gasteiger partial charge < -0.3 is 0 Å². The van der Waals surface area contributed by atoms with Crippen molar-refractivity contribution in [2.45, 2.75) is 6.18 Å². The van der Waals surface area contributed by atoms with E-state index in [4.69, 9.17) is 0 Å². The first kappa shape index (κ1) is 15.0. The molecule has 23 heavy (non-hydrogen) atoms. The molecule has 2 amide bonds. The summed E-state index contributed by atoms with van der Waals surface area (Å²) in [6.07, 6.45) is -4.63. The van der Waals surface area contributed by atoms with Gasteiger partial charge in [-0.15, -0.1) is 0 Å². The third kappa shape index (κ3) is 2.40. The Bertz CT molecular complexity index is 842. The first-order valence-corrected chi connectivity index (χ1v) is 6.50. The van der Waals surface area contributed by atoms with Crippen molar-refractivity contribution in [3.05, 3.63) is 65.2 Å². The third-order valence-electron chi connectivity index (χ3n) is 3.43. The van der Waals surface area contributed by atoms with Gasteiger partial charge in [0.2, 0.25) is 0 Å². The topological polar surface area (TPSA) is 54.5 Å². The summed E-state index contributed by atoms with van der Waals surface area (Å²) in [5.41, 5.74) is -1.38. The lowest BCUT2D eigenvalue weighted by atomic mass is 9.96. The Morgan fingerprint density at radius 3 is 2.09 bits per heavy atom. The van der Waals surface area contributed by atoms with E-state index in [0.717, 1.165) is 12.1 Å². The fourth-order valence-electron chi connectivity index (χ4n) is 2.35.